The highest BCUT2D eigenvalue weighted by molar-refractivity contribution is 7.13. The van der Waals surface area contributed by atoms with Crippen LogP contribution in [0.15, 0.2) is 59.0 Å². The van der Waals surface area contributed by atoms with Gasteiger partial charge in [-0.2, -0.15) is 9.78 Å². The largest absolute Gasteiger partial charge is 0.324 e. The Hall–Kier alpha value is -3.37. The van der Waals surface area contributed by atoms with Gasteiger partial charge in [0.15, 0.2) is 0 Å². The van der Waals surface area contributed by atoms with E-state index >= 15 is 0 Å². The molecule has 3 aromatic heterocycles. The van der Waals surface area contributed by atoms with Crippen molar-refractivity contribution in [1.82, 2.24) is 30.0 Å². The number of thiazole rings is 1. The second kappa shape index (κ2) is 8.59. The van der Waals surface area contributed by atoms with Gasteiger partial charge in [-0.15, -0.1) is 11.3 Å². The molecule has 0 unspecified atom stereocenters. The lowest BCUT2D eigenvalue weighted by atomic mass is 9.88. The zero-order valence-electron chi connectivity index (χ0n) is 19.3. The summed E-state index contributed by atoms with van der Waals surface area (Å²) >= 11 is 14.2. The number of rotatable bonds is 4. The van der Waals surface area contributed by atoms with Crippen molar-refractivity contribution in [1.29, 1.82) is 0 Å². The van der Waals surface area contributed by atoms with E-state index in [0.29, 0.717) is 43.3 Å². The molecule has 2 N–H and O–H groups in total. The number of hydrogen-bond acceptors (Lipinski definition) is 8. The first-order valence-corrected chi connectivity index (χ1v) is 13.4. The summed E-state index contributed by atoms with van der Waals surface area (Å²) in [6.07, 6.45) is 5.65. The molecule has 184 valence electrons. The fourth-order valence-corrected chi connectivity index (χ4v) is 6.19. The van der Waals surface area contributed by atoms with Crippen molar-refractivity contribution >= 4 is 57.1 Å². The van der Waals surface area contributed by atoms with Crippen LogP contribution >= 0.6 is 34.5 Å². The van der Waals surface area contributed by atoms with E-state index in [1.807, 2.05) is 5.38 Å². The average Bonchev–Trinajstić information content (AvgIpc) is 3.44. The van der Waals surface area contributed by atoms with Gasteiger partial charge in [0.1, 0.15) is 21.9 Å². The molecule has 1 aliphatic carbocycles. The number of halogens is 2. The zero-order valence-corrected chi connectivity index (χ0v) is 21.7. The lowest BCUT2D eigenvalue weighted by Gasteiger charge is -2.26. The Morgan fingerprint density at radius 3 is 2.70 bits per heavy atom. The van der Waals surface area contributed by atoms with E-state index in [1.165, 1.54) is 46.2 Å². The van der Waals surface area contributed by atoms with Gasteiger partial charge in [-0.3, -0.25) is 4.79 Å². The number of nitrogens with zero attached hydrogens (tertiary/aromatic N) is 5. The average molecular weight is 548 g/mol. The molecule has 1 spiro atoms. The summed E-state index contributed by atoms with van der Waals surface area (Å²) in [5.41, 5.74) is 4.64. The molecule has 11 heteroatoms. The number of hydrogen-bond donors (Lipinski definition) is 2. The van der Waals surface area contributed by atoms with Crippen molar-refractivity contribution in [2.45, 2.75) is 24.8 Å². The Bertz CT molecular complexity index is 1730. The van der Waals surface area contributed by atoms with Crippen LogP contribution in [-0.2, 0) is 12.0 Å². The summed E-state index contributed by atoms with van der Waals surface area (Å²) < 4.78 is 1.20. The first-order valence-electron chi connectivity index (χ1n) is 11.8. The van der Waals surface area contributed by atoms with Crippen LogP contribution < -0.4 is 16.2 Å². The molecule has 0 amide bonds. The normalized spacial score (nSPS) is 15.6. The number of para-hydroxylation sites is 1. The fraction of sp³-hybridized carbons (Fsp3) is 0.192. The molecule has 1 aliphatic heterocycles. The van der Waals surface area contributed by atoms with Gasteiger partial charge in [-0.25, -0.2) is 15.0 Å². The van der Waals surface area contributed by atoms with Gasteiger partial charge in [0.2, 0.25) is 5.95 Å². The predicted molar refractivity (Wildman–Crippen MR) is 146 cm³/mol. The third kappa shape index (κ3) is 3.81. The Morgan fingerprint density at radius 1 is 1.11 bits per heavy atom. The Kier molecular flexibility index (Phi) is 5.30. The maximum absolute atomic E-state index is 13.5. The minimum absolute atomic E-state index is 0.284. The molecular formula is C26H19Cl2N7OS. The molecule has 2 aromatic carbocycles. The van der Waals surface area contributed by atoms with Gasteiger partial charge >= 0.3 is 0 Å². The van der Waals surface area contributed by atoms with E-state index in [-0.39, 0.29) is 5.39 Å². The van der Waals surface area contributed by atoms with E-state index < -0.39 is 5.56 Å². The summed E-state index contributed by atoms with van der Waals surface area (Å²) in [6.45, 7) is 1.89. The van der Waals surface area contributed by atoms with Crippen LogP contribution in [0, 0.1) is 0 Å². The number of nitrogens with one attached hydrogen (secondary N) is 2. The number of benzene rings is 2. The predicted octanol–water partition coefficient (Wildman–Crippen LogP) is 5.48. The number of aromatic nitrogens is 5. The molecule has 0 bridgehead atoms. The van der Waals surface area contributed by atoms with Crippen molar-refractivity contribution in [3.05, 3.63) is 85.7 Å². The Balaban J connectivity index is 1.35. The second-order valence-corrected chi connectivity index (χ2v) is 11.0. The van der Waals surface area contributed by atoms with Gasteiger partial charge in [-0.05, 0) is 48.2 Å². The first-order chi connectivity index (χ1) is 18.0. The topological polar surface area (TPSA) is 97.6 Å². The zero-order chi connectivity index (χ0) is 25.1. The number of anilines is 2. The molecule has 0 radical (unpaired) electrons. The molecule has 2 aliphatic rings. The first kappa shape index (κ1) is 22.8. The monoisotopic (exact) mass is 547 g/mol. The second-order valence-electron chi connectivity index (χ2n) is 9.31. The van der Waals surface area contributed by atoms with Crippen LogP contribution in [-0.4, -0.2) is 31.3 Å². The highest BCUT2D eigenvalue weighted by Crippen LogP contribution is 2.50. The summed E-state index contributed by atoms with van der Waals surface area (Å²) in [7, 11) is 0. The van der Waals surface area contributed by atoms with E-state index in [1.54, 1.807) is 24.4 Å². The maximum Gasteiger partial charge on any atom is 0.282 e. The van der Waals surface area contributed by atoms with Crippen LogP contribution in [0.4, 0.5) is 11.6 Å². The molecule has 4 heterocycles. The minimum Gasteiger partial charge on any atom is -0.324 e. The highest BCUT2D eigenvalue weighted by atomic mass is 35.5. The smallest absolute Gasteiger partial charge is 0.282 e. The van der Waals surface area contributed by atoms with Gasteiger partial charge in [-0.1, -0.05) is 35.3 Å². The highest BCUT2D eigenvalue weighted by Gasteiger charge is 2.46. The van der Waals surface area contributed by atoms with Gasteiger partial charge < -0.3 is 10.6 Å². The summed E-state index contributed by atoms with van der Waals surface area (Å²) in [4.78, 5) is 27.1. The lowest BCUT2D eigenvalue weighted by molar-refractivity contribution is 0.531. The SMILES string of the molecule is O=c1c2cnc(Nc3ccc4c(c3)CNCC43CC3)nc2c(-c2nccs2)nn1-c1c(Cl)cccc1Cl. The molecule has 1 saturated carbocycles. The fourth-order valence-electron chi connectivity index (χ4n) is 5.01. The molecular weight excluding hydrogens is 529 g/mol. The third-order valence-electron chi connectivity index (χ3n) is 6.99. The summed E-state index contributed by atoms with van der Waals surface area (Å²) in [6, 6.07) is 11.5. The quantitative estimate of drug-likeness (QED) is 0.307. The molecule has 0 atom stereocenters. The van der Waals surface area contributed by atoms with Crippen molar-refractivity contribution < 1.29 is 0 Å². The summed E-state index contributed by atoms with van der Waals surface area (Å²) in [5.74, 6) is 0.366. The maximum atomic E-state index is 13.5. The molecule has 5 aromatic rings. The minimum atomic E-state index is -0.425. The van der Waals surface area contributed by atoms with Crippen molar-refractivity contribution in [3.8, 4) is 16.4 Å². The van der Waals surface area contributed by atoms with E-state index in [2.05, 4.69) is 43.9 Å². The van der Waals surface area contributed by atoms with Crippen LogP contribution in [0.5, 0.6) is 0 Å². The van der Waals surface area contributed by atoms with E-state index in [0.717, 1.165) is 18.8 Å². The van der Waals surface area contributed by atoms with Crippen molar-refractivity contribution in [3.63, 3.8) is 0 Å². The van der Waals surface area contributed by atoms with Crippen molar-refractivity contribution in [2.24, 2.45) is 0 Å². The standard InChI is InChI=1S/C26H19Cl2N7OS/c27-18-2-1-3-19(28)22(18)35-24(36)16-12-31-25(33-20(16)21(34-35)23-30-8-9-37-23)32-15-4-5-17-14(10-15)11-29-13-26(17)6-7-26/h1-5,8-10,12,29H,6-7,11,13H2,(H,31,32,33). The molecule has 8 nitrogen and oxygen atoms in total. The van der Waals surface area contributed by atoms with Gasteiger partial charge in [0.05, 0.1) is 15.4 Å². The molecule has 1 fully saturated rings. The molecule has 7 rings (SSSR count). The molecule has 0 saturated heterocycles. The Labute approximate surface area is 225 Å². The molecule has 37 heavy (non-hydrogen) atoms. The Morgan fingerprint density at radius 2 is 1.95 bits per heavy atom. The van der Waals surface area contributed by atoms with Crippen LogP contribution in [0.3, 0.4) is 0 Å². The lowest BCUT2D eigenvalue weighted by Crippen LogP contribution is -2.33. The van der Waals surface area contributed by atoms with Crippen LogP contribution in [0.2, 0.25) is 10.0 Å². The van der Waals surface area contributed by atoms with Crippen LogP contribution in [0.1, 0.15) is 24.0 Å². The third-order valence-corrected chi connectivity index (χ3v) is 8.38. The van der Waals surface area contributed by atoms with E-state index in [4.69, 9.17) is 28.2 Å². The van der Waals surface area contributed by atoms with Crippen LogP contribution in [0.25, 0.3) is 27.3 Å². The van der Waals surface area contributed by atoms with Crippen molar-refractivity contribution in [2.75, 3.05) is 11.9 Å². The van der Waals surface area contributed by atoms with Gasteiger partial charge in [0.25, 0.3) is 5.56 Å². The van der Waals surface area contributed by atoms with E-state index in [9.17, 15) is 4.79 Å². The number of fused-ring (bicyclic) bond motifs is 3. The summed E-state index contributed by atoms with van der Waals surface area (Å²) in [5, 5.41) is 14.8. The van der Waals surface area contributed by atoms with Gasteiger partial charge in [0, 0.05) is 42.0 Å².